The molecule has 2 heterocycles. The fourth-order valence-corrected chi connectivity index (χ4v) is 3.22. The smallest absolute Gasteiger partial charge is 0.237 e. The van der Waals surface area contributed by atoms with E-state index in [0.29, 0.717) is 6.54 Å². The third-order valence-corrected chi connectivity index (χ3v) is 4.17. The van der Waals surface area contributed by atoms with Gasteiger partial charge in [-0.05, 0) is 23.6 Å². The summed E-state index contributed by atoms with van der Waals surface area (Å²) in [5.74, 6) is 0.224. The predicted octanol–water partition coefficient (Wildman–Crippen LogP) is 1.48. The van der Waals surface area contributed by atoms with Crippen molar-refractivity contribution in [3.8, 4) is 0 Å². The van der Waals surface area contributed by atoms with Crippen LogP contribution in [0.15, 0.2) is 22.7 Å². The molecule has 1 atom stereocenters. The number of rotatable bonds is 0. The molecule has 0 bridgehead atoms. The minimum Gasteiger partial charge on any atom is -0.333 e. The Morgan fingerprint density at radius 1 is 1.44 bits per heavy atom. The van der Waals surface area contributed by atoms with E-state index in [2.05, 4.69) is 33.4 Å². The Balaban J connectivity index is 2.06. The van der Waals surface area contributed by atoms with E-state index in [0.717, 1.165) is 19.5 Å². The lowest BCUT2D eigenvalue weighted by atomic mass is 9.91. The van der Waals surface area contributed by atoms with Crippen LogP contribution in [0, 0.1) is 0 Å². The molecule has 1 aromatic carbocycles. The summed E-state index contributed by atoms with van der Waals surface area (Å²) in [5, 5.41) is 3.19. The second-order valence-electron chi connectivity index (χ2n) is 4.29. The fourth-order valence-electron chi connectivity index (χ4n) is 2.64. The van der Waals surface area contributed by atoms with E-state index in [-0.39, 0.29) is 11.9 Å². The van der Waals surface area contributed by atoms with Gasteiger partial charge in [-0.1, -0.05) is 28.1 Å². The Kier molecular flexibility index (Phi) is 2.48. The Hall–Kier alpha value is -0.870. The molecular weight excluding hydrogens is 268 g/mol. The van der Waals surface area contributed by atoms with E-state index >= 15 is 0 Å². The van der Waals surface area contributed by atoms with Crippen molar-refractivity contribution in [2.45, 2.75) is 12.5 Å². The number of nitrogens with one attached hydrogen (secondary N) is 1. The number of piperazine rings is 1. The molecule has 0 aliphatic carbocycles. The fraction of sp³-hybridized carbons (Fsp3) is 0.417. The van der Waals surface area contributed by atoms with Gasteiger partial charge in [-0.3, -0.25) is 4.79 Å². The molecule has 1 amide bonds. The summed E-state index contributed by atoms with van der Waals surface area (Å²) in [6.07, 6.45) is 0.957. The highest BCUT2D eigenvalue weighted by Gasteiger charge is 2.33. The first-order valence-corrected chi connectivity index (χ1v) is 6.34. The van der Waals surface area contributed by atoms with Crippen LogP contribution >= 0.6 is 15.9 Å². The number of halogens is 1. The zero-order valence-corrected chi connectivity index (χ0v) is 10.5. The molecule has 84 valence electrons. The SMILES string of the molecule is O=C1CNCC2c3cccc(Br)c3CCN12. The lowest BCUT2D eigenvalue weighted by Gasteiger charge is -2.41. The molecular formula is C12H13BrN2O. The lowest BCUT2D eigenvalue weighted by molar-refractivity contribution is -0.135. The summed E-state index contributed by atoms with van der Waals surface area (Å²) in [4.78, 5) is 13.8. The average Bonchev–Trinajstić information content (AvgIpc) is 2.30. The number of hydrogen-bond acceptors (Lipinski definition) is 2. The second kappa shape index (κ2) is 3.86. The number of carbonyl (C=O) groups is 1. The van der Waals surface area contributed by atoms with Gasteiger partial charge < -0.3 is 10.2 Å². The van der Waals surface area contributed by atoms with Crippen LogP contribution in [0.25, 0.3) is 0 Å². The van der Waals surface area contributed by atoms with Crippen LogP contribution in [0.3, 0.4) is 0 Å². The molecule has 3 rings (SSSR count). The lowest BCUT2D eigenvalue weighted by Crippen LogP contribution is -2.52. The van der Waals surface area contributed by atoms with E-state index in [1.165, 1.54) is 15.6 Å². The molecule has 1 saturated heterocycles. The molecule has 3 nitrogen and oxygen atoms in total. The first-order valence-electron chi connectivity index (χ1n) is 5.55. The third-order valence-electron chi connectivity index (χ3n) is 3.43. The first-order chi connectivity index (χ1) is 7.77. The molecule has 0 spiro atoms. The van der Waals surface area contributed by atoms with Crippen LogP contribution in [0.2, 0.25) is 0 Å². The molecule has 16 heavy (non-hydrogen) atoms. The largest absolute Gasteiger partial charge is 0.333 e. The van der Waals surface area contributed by atoms with Crippen molar-refractivity contribution in [1.29, 1.82) is 0 Å². The van der Waals surface area contributed by atoms with Crippen LogP contribution in [-0.4, -0.2) is 30.4 Å². The molecule has 1 N–H and O–H groups in total. The molecule has 0 radical (unpaired) electrons. The maximum Gasteiger partial charge on any atom is 0.237 e. The van der Waals surface area contributed by atoms with Gasteiger partial charge in [-0.15, -0.1) is 0 Å². The van der Waals surface area contributed by atoms with Crippen LogP contribution in [0.1, 0.15) is 17.2 Å². The van der Waals surface area contributed by atoms with Gasteiger partial charge in [0.05, 0.1) is 12.6 Å². The maximum atomic E-state index is 11.8. The number of carbonyl (C=O) groups excluding carboxylic acids is 1. The van der Waals surface area contributed by atoms with Crippen molar-refractivity contribution >= 4 is 21.8 Å². The van der Waals surface area contributed by atoms with Crippen molar-refractivity contribution < 1.29 is 4.79 Å². The molecule has 1 fully saturated rings. The number of amides is 1. The summed E-state index contributed by atoms with van der Waals surface area (Å²) >= 11 is 3.59. The molecule has 0 saturated carbocycles. The standard InChI is InChI=1S/C12H13BrN2O/c13-10-3-1-2-9-8(10)4-5-15-11(9)6-14-7-12(15)16/h1-3,11,14H,4-7H2. The van der Waals surface area contributed by atoms with E-state index in [4.69, 9.17) is 0 Å². The molecule has 2 aliphatic heterocycles. The quantitative estimate of drug-likeness (QED) is 0.781. The van der Waals surface area contributed by atoms with Crippen LogP contribution in [0.4, 0.5) is 0 Å². The Morgan fingerprint density at radius 3 is 3.19 bits per heavy atom. The van der Waals surface area contributed by atoms with Crippen molar-refractivity contribution in [3.05, 3.63) is 33.8 Å². The van der Waals surface area contributed by atoms with Gasteiger partial charge in [-0.25, -0.2) is 0 Å². The highest BCUT2D eigenvalue weighted by atomic mass is 79.9. The van der Waals surface area contributed by atoms with E-state index in [1.54, 1.807) is 0 Å². The van der Waals surface area contributed by atoms with Crippen LogP contribution < -0.4 is 5.32 Å². The van der Waals surface area contributed by atoms with Gasteiger partial charge in [-0.2, -0.15) is 0 Å². The minimum atomic E-state index is 0.224. The van der Waals surface area contributed by atoms with Crippen molar-refractivity contribution in [2.75, 3.05) is 19.6 Å². The van der Waals surface area contributed by atoms with Gasteiger partial charge in [0.2, 0.25) is 5.91 Å². The molecule has 1 aromatic rings. The summed E-state index contributed by atoms with van der Waals surface area (Å²) in [5.41, 5.74) is 2.65. The number of fused-ring (bicyclic) bond motifs is 3. The Bertz CT molecular complexity index is 447. The van der Waals surface area contributed by atoms with E-state index in [9.17, 15) is 4.79 Å². The molecule has 2 aliphatic rings. The second-order valence-corrected chi connectivity index (χ2v) is 5.15. The molecule has 1 unspecified atom stereocenters. The van der Waals surface area contributed by atoms with E-state index < -0.39 is 0 Å². The third kappa shape index (κ3) is 1.48. The summed E-state index contributed by atoms with van der Waals surface area (Å²) < 4.78 is 1.17. The first kappa shape index (κ1) is 10.3. The molecule has 4 heteroatoms. The zero-order chi connectivity index (χ0) is 11.1. The van der Waals surface area contributed by atoms with Crippen LogP contribution in [-0.2, 0) is 11.2 Å². The Labute approximate surface area is 103 Å². The number of benzene rings is 1. The average molecular weight is 281 g/mol. The molecule has 0 aromatic heterocycles. The summed E-state index contributed by atoms with van der Waals surface area (Å²) in [6.45, 7) is 2.20. The minimum absolute atomic E-state index is 0.224. The van der Waals surface area contributed by atoms with Crippen molar-refractivity contribution in [2.24, 2.45) is 0 Å². The summed E-state index contributed by atoms with van der Waals surface area (Å²) in [6, 6.07) is 6.48. The van der Waals surface area contributed by atoms with Gasteiger partial charge in [0.15, 0.2) is 0 Å². The van der Waals surface area contributed by atoms with E-state index in [1.807, 2.05) is 11.0 Å². The zero-order valence-electron chi connectivity index (χ0n) is 8.87. The van der Waals surface area contributed by atoms with Crippen molar-refractivity contribution in [3.63, 3.8) is 0 Å². The number of hydrogen-bond donors (Lipinski definition) is 1. The van der Waals surface area contributed by atoms with Crippen molar-refractivity contribution in [1.82, 2.24) is 10.2 Å². The highest BCUT2D eigenvalue weighted by molar-refractivity contribution is 9.10. The van der Waals surface area contributed by atoms with Gasteiger partial charge in [0.1, 0.15) is 0 Å². The maximum absolute atomic E-state index is 11.8. The summed E-state index contributed by atoms with van der Waals surface area (Å²) in [7, 11) is 0. The highest BCUT2D eigenvalue weighted by Crippen LogP contribution is 2.34. The number of nitrogens with zero attached hydrogens (tertiary/aromatic N) is 1. The van der Waals surface area contributed by atoms with Crippen LogP contribution in [0.5, 0.6) is 0 Å². The van der Waals surface area contributed by atoms with Gasteiger partial charge >= 0.3 is 0 Å². The Morgan fingerprint density at radius 2 is 2.31 bits per heavy atom. The van der Waals surface area contributed by atoms with Gasteiger partial charge in [0, 0.05) is 17.6 Å². The predicted molar refractivity (Wildman–Crippen MR) is 65.2 cm³/mol. The topological polar surface area (TPSA) is 32.3 Å². The van der Waals surface area contributed by atoms with Gasteiger partial charge in [0.25, 0.3) is 0 Å². The normalized spacial score (nSPS) is 23.9. The monoisotopic (exact) mass is 280 g/mol.